The summed E-state index contributed by atoms with van der Waals surface area (Å²) in [7, 11) is 0. The zero-order valence-electron chi connectivity index (χ0n) is 10.3. The van der Waals surface area contributed by atoms with Crippen LogP contribution in [-0.4, -0.2) is 5.16 Å². The van der Waals surface area contributed by atoms with Crippen LogP contribution in [0.4, 0.5) is 5.69 Å². The highest BCUT2D eigenvalue weighted by Gasteiger charge is 2.09. The maximum absolute atomic E-state index is 5.79. The van der Waals surface area contributed by atoms with Crippen LogP contribution in [-0.2, 0) is 5.75 Å². The lowest BCUT2D eigenvalue weighted by molar-refractivity contribution is 0.392. The lowest BCUT2D eigenvalue weighted by Gasteiger charge is -2.04. The van der Waals surface area contributed by atoms with Crippen molar-refractivity contribution in [3.63, 3.8) is 0 Å². The maximum atomic E-state index is 5.79. The van der Waals surface area contributed by atoms with Crippen LogP contribution in [0, 0.1) is 20.8 Å². The third-order valence-electron chi connectivity index (χ3n) is 2.81. The van der Waals surface area contributed by atoms with Crippen molar-refractivity contribution >= 4 is 17.4 Å². The molecule has 1 heterocycles. The minimum atomic E-state index is 0.840. The van der Waals surface area contributed by atoms with Gasteiger partial charge in [-0.3, -0.25) is 0 Å². The van der Waals surface area contributed by atoms with Crippen molar-refractivity contribution in [2.45, 2.75) is 31.4 Å². The number of rotatable bonds is 3. The van der Waals surface area contributed by atoms with E-state index < -0.39 is 0 Å². The summed E-state index contributed by atoms with van der Waals surface area (Å²) < 4.78 is 5.14. The highest BCUT2D eigenvalue weighted by atomic mass is 32.2. The molecule has 1 aromatic carbocycles. The summed E-state index contributed by atoms with van der Waals surface area (Å²) in [4.78, 5) is 1.22. The Morgan fingerprint density at radius 1 is 1.29 bits per heavy atom. The predicted octanol–water partition coefficient (Wildman–Crippen LogP) is 3.47. The topological polar surface area (TPSA) is 52.0 Å². The van der Waals surface area contributed by atoms with Gasteiger partial charge in [-0.05, 0) is 44.5 Å². The van der Waals surface area contributed by atoms with E-state index in [4.69, 9.17) is 10.3 Å². The summed E-state index contributed by atoms with van der Waals surface area (Å²) in [5.74, 6) is 1.78. The molecule has 0 aliphatic carbocycles. The van der Waals surface area contributed by atoms with Crippen LogP contribution in [0.15, 0.2) is 27.6 Å². The fraction of sp³-hybridized carbons (Fsp3) is 0.308. The van der Waals surface area contributed by atoms with Crippen molar-refractivity contribution < 1.29 is 4.52 Å². The van der Waals surface area contributed by atoms with Crippen LogP contribution < -0.4 is 5.73 Å². The molecule has 2 aromatic rings. The molecule has 0 unspecified atom stereocenters. The van der Waals surface area contributed by atoms with Gasteiger partial charge in [-0.15, -0.1) is 11.8 Å². The molecule has 0 radical (unpaired) electrons. The molecule has 0 aliphatic heterocycles. The van der Waals surface area contributed by atoms with Gasteiger partial charge < -0.3 is 10.3 Å². The first-order chi connectivity index (χ1) is 8.08. The molecular formula is C13H16N2OS. The number of hydrogen-bond acceptors (Lipinski definition) is 4. The summed E-state index contributed by atoms with van der Waals surface area (Å²) in [6, 6.07) is 6.11. The monoisotopic (exact) mass is 248 g/mol. The minimum absolute atomic E-state index is 0.840. The summed E-state index contributed by atoms with van der Waals surface area (Å²) in [6.07, 6.45) is 0. The molecule has 0 atom stereocenters. The van der Waals surface area contributed by atoms with Crippen LogP contribution in [0.3, 0.4) is 0 Å². The fourth-order valence-electron chi connectivity index (χ4n) is 1.60. The van der Waals surface area contributed by atoms with Gasteiger partial charge in [0.15, 0.2) is 0 Å². The van der Waals surface area contributed by atoms with Gasteiger partial charge in [0.05, 0.1) is 5.69 Å². The summed E-state index contributed by atoms with van der Waals surface area (Å²) in [6.45, 7) is 5.94. The normalized spacial score (nSPS) is 10.8. The predicted molar refractivity (Wildman–Crippen MR) is 71.1 cm³/mol. The minimum Gasteiger partial charge on any atom is -0.399 e. The van der Waals surface area contributed by atoms with Crippen LogP contribution in [0.25, 0.3) is 0 Å². The van der Waals surface area contributed by atoms with E-state index >= 15 is 0 Å². The Balaban J connectivity index is 2.10. The largest absolute Gasteiger partial charge is 0.399 e. The van der Waals surface area contributed by atoms with Crippen molar-refractivity contribution in [3.8, 4) is 0 Å². The van der Waals surface area contributed by atoms with Crippen molar-refractivity contribution in [2.75, 3.05) is 5.73 Å². The van der Waals surface area contributed by atoms with E-state index in [2.05, 4.69) is 11.2 Å². The summed E-state index contributed by atoms with van der Waals surface area (Å²) >= 11 is 1.77. The number of thioether (sulfide) groups is 1. The van der Waals surface area contributed by atoms with Gasteiger partial charge in [-0.2, -0.15) is 0 Å². The molecule has 90 valence electrons. The Kier molecular flexibility index (Phi) is 3.43. The lowest BCUT2D eigenvalue weighted by atomic mass is 10.2. The van der Waals surface area contributed by atoms with Crippen LogP contribution in [0.2, 0.25) is 0 Å². The average Bonchev–Trinajstić information content (AvgIpc) is 2.61. The van der Waals surface area contributed by atoms with Gasteiger partial charge in [-0.25, -0.2) is 0 Å². The molecule has 0 aliphatic rings. The first-order valence-corrected chi connectivity index (χ1v) is 6.47. The fourth-order valence-corrected chi connectivity index (χ4v) is 2.75. The van der Waals surface area contributed by atoms with Crippen molar-refractivity contribution in [2.24, 2.45) is 0 Å². The van der Waals surface area contributed by atoms with E-state index in [1.54, 1.807) is 11.8 Å². The molecule has 17 heavy (non-hydrogen) atoms. The molecule has 0 fully saturated rings. The van der Waals surface area contributed by atoms with Crippen molar-refractivity contribution in [3.05, 3.63) is 40.8 Å². The van der Waals surface area contributed by atoms with Gasteiger partial charge in [0.25, 0.3) is 0 Å². The molecule has 0 bridgehead atoms. The molecule has 4 heteroatoms. The van der Waals surface area contributed by atoms with Crippen molar-refractivity contribution in [1.82, 2.24) is 5.16 Å². The SMILES string of the molecule is Cc1cc(SCc2c(C)noc2C)ccc1N. The van der Waals surface area contributed by atoms with E-state index in [-0.39, 0.29) is 0 Å². The van der Waals surface area contributed by atoms with E-state index in [0.29, 0.717) is 0 Å². The zero-order chi connectivity index (χ0) is 12.4. The molecule has 3 nitrogen and oxygen atoms in total. The number of hydrogen-bond donors (Lipinski definition) is 1. The highest BCUT2D eigenvalue weighted by molar-refractivity contribution is 7.98. The molecule has 0 amide bonds. The van der Waals surface area contributed by atoms with Gasteiger partial charge in [0.1, 0.15) is 5.76 Å². The quantitative estimate of drug-likeness (QED) is 0.667. The number of anilines is 1. The number of aryl methyl sites for hydroxylation is 3. The summed E-state index contributed by atoms with van der Waals surface area (Å²) in [5.41, 5.74) is 9.91. The Hall–Kier alpha value is -1.42. The molecule has 2 rings (SSSR count). The lowest BCUT2D eigenvalue weighted by Crippen LogP contribution is -1.89. The van der Waals surface area contributed by atoms with E-state index in [1.807, 2.05) is 32.9 Å². The Morgan fingerprint density at radius 2 is 2.06 bits per heavy atom. The Bertz CT molecular complexity index is 515. The molecular weight excluding hydrogens is 232 g/mol. The molecule has 0 saturated heterocycles. The van der Waals surface area contributed by atoms with Crippen LogP contribution in [0.5, 0.6) is 0 Å². The standard InChI is InChI=1S/C13H16N2OS/c1-8-6-11(4-5-13(8)14)17-7-12-9(2)15-16-10(12)3/h4-6H,7,14H2,1-3H3. The number of nitrogen functional groups attached to an aromatic ring is 1. The smallest absolute Gasteiger partial charge is 0.137 e. The second-order valence-electron chi connectivity index (χ2n) is 4.11. The third-order valence-corrected chi connectivity index (χ3v) is 3.83. The van der Waals surface area contributed by atoms with Crippen molar-refractivity contribution in [1.29, 1.82) is 0 Å². The maximum Gasteiger partial charge on any atom is 0.137 e. The first-order valence-electron chi connectivity index (χ1n) is 5.48. The number of aromatic nitrogens is 1. The third kappa shape index (κ3) is 2.64. The zero-order valence-corrected chi connectivity index (χ0v) is 11.1. The first kappa shape index (κ1) is 12.0. The van der Waals surface area contributed by atoms with Crippen LogP contribution in [0.1, 0.15) is 22.6 Å². The van der Waals surface area contributed by atoms with Crippen LogP contribution >= 0.6 is 11.8 Å². The van der Waals surface area contributed by atoms with Gasteiger partial charge >= 0.3 is 0 Å². The summed E-state index contributed by atoms with van der Waals surface area (Å²) in [5, 5.41) is 3.95. The molecule has 0 spiro atoms. The Morgan fingerprint density at radius 3 is 2.65 bits per heavy atom. The van der Waals surface area contributed by atoms with E-state index in [9.17, 15) is 0 Å². The average molecular weight is 248 g/mol. The number of nitrogens with two attached hydrogens (primary N) is 1. The second-order valence-corrected chi connectivity index (χ2v) is 5.16. The van der Waals surface area contributed by atoms with Gasteiger partial charge in [0, 0.05) is 21.9 Å². The second kappa shape index (κ2) is 4.84. The van der Waals surface area contributed by atoms with E-state index in [0.717, 1.165) is 28.5 Å². The Labute approximate surface area is 105 Å². The van der Waals surface area contributed by atoms with Gasteiger partial charge in [-0.1, -0.05) is 5.16 Å². The number of benzene rings is 1. The number of nitrogens with zero attached hydrogens (tertiary/aromatic N) is 1. The highest BCUT2D eigenvalue weighted by Crippen LogP contribution is 2.28. The molecule has 2 N–H and O–H groups in total. The molecule has 0 saturated carbocycles. The van der Waals surface area contributed by atoms with Gasteiger partial charge in [0.2, 0.25) is 0 Å². The van der Waals surface area contributed by atoms with E-state index in [1.165, 1.54) is 10.5 Å². The molecule has 1 aromatic heterocycles.